The van der Waals surface area contributed by atoms with Gasteiger partial charge in [-0.1, -0.05) is 18.6 Å². The molecule has 1 aliphatic carbocycles. The van der Waals surface area contributed by atoms with Crippen LogP contribution in [0.1, 0.15) is 37.2 Å². The van der Waals surface area contributed by atoms with Crippen molar-refractivity contribution in [2.24, 2.45) is 5.92 Å². The number of halogens is 1. The second-order valence-electron chi connectivity index (χ2n) is 5.62. The summed E-state index contributed by atoms with van der Waals surface area (Å²) in [4.78, 5) is 11.4. The molecule has 0 spiro atoms. The van der Waals surface area contributed by atoms with E-state index in [2.05, 4.69) is 5.32 Å². The van der Waals surface area contributed by atoms with E-state index >= 15 is 0 Å². The predicted molar refractivity (Wildman–Crippen MR) is 69.0 cm³/mol. The van der Waals surface area contributed by atoms with Crippen LogP contribution in [0, 0.1) is 11.7 Å². The molecule has 2 fully saturated rings. The molecule has 1 aliphatic heterocycles. The van der Waals surface area contributed by atoms with E-state index in [0.29, 0.717) is 18.3 Å². The SMILES string of the molecule is O=C1NC(C2CCCC2c2ccc(F)cc2)CC1O. The maximum absolute atomic E-state index is 13.0. The number of aliphatic hydroxyl groups is 1. The molecule has 1 heterocycles. The lowest BCUT2D eigenvalue weighted by Crippen LogP contribution is -2.34. The third-order valence-electron chi connectivity index (χ3n) is 4.49. The third-order valence-corrected chi connectivity index (χ3v) is 4.49. The molecular weight excluding hydrogens is 245 g/mol. The molecule has 0 bridgehead atoms. The van der Waals surface area contributed by atoms with Crippen LogP contribution in [0.3, 0.4) is 0 Å². The second-order valence-corrected chi connectivity index (χ2v) is 5.62. The van der Waals surface area contributed by atoms with Crippen LogP contribution in [0.4, 0.5) is 4.39 Å². The number of benzene rings is 1. The van der Waals surface area contributed by atoms with Crippen LogP contribution in [-0.4, -0.2) is 23.2 Å². The van der Waals surface area contributed by atoms with E-state index in [1.165, 1.54) is 12.1 Å². The Kier molecular flexibility index (Phi) is 3.27. The highest BCUT2D eigenvalue weighted by molar-refractivity contribution is 5.83. The van der Waals surface area contributed by atoms with Gasteiger partial charge in [0.1, 0.15) is 11.9 Å². The Hall–Kier alpha value is -1.42. The number of nitrogens with one attached hydrogen (secondary N) is 1. The molecule has 1 amide bonds. The van der Waals surface area contributed by atoms with Gasteiger partial charge in [-0.05, 0) is 42.4 Å². The standard InChI is InChI=1S/C15H18FNO2/c16-10-6-4-9(5-7-10)11-2-1-3-12(11)13-8-14(18)15(19)17-13/h4-7,11-14,18H,1-3,8H2,(H,17,19). The zero-order valence-corrected chi connectivity index (χ0v) is 10.7. The number of amides is 1. The summed E-state index contributed by atoms with van der Waals surface area (Å²) >= 11 is 0. The highest BCUT2D eigenvalue weighted by atomic mass is 19.1. The molecule has 1 saturated heterocycles. The largest absolute Gasteiger partial charge is 0.383 e. The van der Waals surface area contributed by atoms with Gasteiger partial charge in [0.2, 0.25) is 5.91 Å². The molecule has 4 heteroatoms. The average molecular weight is 263 g/mol. The smallest absolute Gasteiger partial charge is 0.249 e. The molecule has 1 aromatic rings. The Bertz CT molecular complexity index is 474. The van der Waals surface area contributed by atoms with E-state index in [-0.39, 0.29) is 17.8 Å². The summed E-state index contributed by atoms with van der Waals surface area (Å²) in [6, 6.07) is 6.72. The van der Waals surface area contributed by atoms with Crippen LogP contribution in [-0.2, 0) is 4.79 Å². The first-order valence-corrected chi connectivity index (χ1v) is 6.89. The minimum absolute atomic E-state index is 0.0556. The fourth-order valence-electron chi connectivity index (χ4n) is 3.56. The van der Waals surface area contributed by atoms with E-state index in [0.717, 1.165) is 24.8 Å². The van der Waals surface area contributed by atoms with E-state index < -0.39 is 6.10 Å². The lowest BCUT2D eigenvalue weighted by molar-refractivity contribution is -0.126. The number of carbonyl (C=O) groups excluding carboxylic acids is 1. The molecule has 19 heavy (non-hydrogen) atoms. The monoisotopic (exact) mass is 263 g/mol. The van der Waals surface area contributed by atoms with Crippen molar-refractivity contribution in [3.63, 3.8) is 0 Å². The lowest BCUT2D eigenvalue weighted by Gasteiger charge is -2.25. The van der Waals surface area contributed by atoms with Crippen molar-refractivity contribution in [1.82, 2.24) is 5.32 Å². The first-order chi connectivity index (χ1) is 9.15. The molecule has 102 valence electrons. The molecule has 3 nitrogen and oxygen atoms in total. The van der Waals surface area contributed by atoms with Crippen LogP contribution in [0.25, 0.3) is 0 Å². The highest BCUT2D eigenvalue weighted by Gasteiger charge is 2.41. The van der Waals surface area contributed by atoms with Crippen molar-refractivity contribution in [1.29, 1.82) is 0 Å². The zero-order chi connectivity index (χ0) is 13.4. The van der Waals surface area contributed by atoms with Gasteiger partial charge < -0.3 is 10.4 Å². The van der Waals surface area contributed by atoms with Gasteiger partial charge >= 0.3 is 0 Å². The van der Waals surface area contributed by atoms with Crippen molar-refractivity contribution < 1.29 is 14.3 Å². The van der Waals surface area contributed by atoms with Gasteiger partial charge in [-0.15, -0.1) is 0 Å². The van der Waals surface area contributed by atoms with Gasteiger partial charge in [-0.2, -0.15) is 0 Å². The maximum atomic E-state index is 13.0. The molecule has 1 saturated carbocycles. The Balaban J connectivity index is 1.78. The van der Waals surface area contributed by atoms with Gasteiger partial charge in [0.05, 0.1) is 0 Å². The van der Waals surface area contributed by atoms with Crippen molar-refractivity contribution in [2.75, 3.05) is 0 Å². The maximum Gasteiger partial charge on any atom is 0.249 e. The Labute approximate surface area is 111 Å². The topological polar surface area (TPSA) is 49.3 Å². The predicted octanol–water partition coefficient (Wildman–Crippen LogP) is 1.96. The fraction of sp³-hybridized carbons (Fsp3) is 0.533. The Morgan fingerprint density at radius 3 is 2.58 bits per heavy atom. The van der Waals surface area contributed by atoms with Crippen molar-refractivity contribution in [2.45, 2.75) is 43.7 Å². The summed E-state index contributed by atoms with van der Waals surface area (Å²) in [6.07, 6.45) is 2.88. The minimum Gasteiger partial charge on any atom is -0.383 e. The molecule has 2 aliphatic rings. The molecule has 0 radical (unpaired) electrons. The molecule has 2 N–H and O–H groups in total. The second kappa shape index (κ2) is 4.93. The summed E-state index contributed by atoms with van der Waals surface area (Å²) < 4.78 is 13.0. The normalized spacial score (nSPS) is 34.5. The van der Waals surface area contributed by atoms with Gasteiger partial charge in [0.25, 0.3) is 0 Å². The molecule has 0 aromatic heterocycles. The summed E-state index contributed by atoms with van der Waals surface area (Å²) in [5, 5.41) is 12.5. The quantitative estimate of drug-likeness (QED) is 0.857. The van der Waals surface area contributed by atoms with Crippen molar-refractivity contribution in [3.8, 4) is 0 Å². The lowest BCUT2D eigenvalue weighted by atomic mass is 9.83. The van der Waals surface area contributed by atoms with Crippen LogP contribution in [0.5, 0.6) is 0 Å². The van der Waals surface area contributed by atoms with E-state index in [1.54, 1.807) is 0 Å². The summed E-state index contributed by atoms with van der Waals surface area (Å²) in [5.74, 6) is 0.236. The summed E-state index contributed by atoms with van der Waals surface area (Å²) in [6.45, 7) is 0. The van der Waals surface area contributed by atoms with Crippen LogP contribution in [0.15, 0.2) is 24.3 Å². The Morgan fingerprint density at radius 2 is 1.95 bits per heavy atom. The highest BCUT2D eigenvalue weighted by Crippen LogP contribution is 2.43. The van der Waals surface area contributed by atoms with Crippen molar-refractivity contribution in [3.05, 3.63) is 35.6 Å². The molecule has 4 unspecified atom stereocenters. The van der Waals surface area contributed by atoms with E-state index in [4.69, 9.17) is 0 Å². The Morgan fingerprint density at radius 1 is 1.21 bits per heavy atom. The van der Waals surface area contributed by atoms with E-state index in [9.17, 15) is 14.3 Å². The average Bonchev–Trinajstić information content (AvgIpc) is 2.98. The van der Waals surface area contributed by atoms with Crippen molar-refractivity contribution >= 4 is 5.91 Å². The first kappa shape index (κ1) is 12.6. The number of rotatable bonds is 2. The molecule has 4 atom stereocenters. The number of hydrogen-bond donors (Lipinski definition) is 2. The van der Waals surface area contributed by atoms with Crippen LogP contribution in [0.2, 0.25) is 0 Å². The summed E-state index contributed by atoms with van der Waals surface area (Å²) in [5.41, 5.74) is 1.14. The number of hydrogen-bond acceptors (Lipinski definition) is 2. The number of aliphatic hydroxyl groups excluding tert-OH is 1. The van der Waals surface area contributed by atoms with Gasteiger partial charge in [-0.25, -0.2) is 4.39 Å². The minimum atomic E-state index is -0.862. The van der Waals surface area contributed by atoms with Gasteiger partial charge in [0.15, 0.2) is 0 Å². The van der Waals surface area contributed by atoms with Crippen LogP contribution < -0.4 is 5.32 Å². The molecule has 1 aromatic carbocycles. The molecule has 3 rings (SSSR count). The third kappa shape index (κ3) is 2.37. The van der Waals surface area contributed by atoms with Gasteiger partial charge in [0, 0.05) is 12.5 Å². The van der Waals surface area contributed by atoms with Crippen LogP contribution >= 0.6 is 0 Å². The van der Waals surface area contributed by atoms with Gasteiger partial charge in [-0.3, -0.25) is 4.79 Å². The molecular formula is C15H18FNO2. The summed E-state index contributed by atoms with van der Waals surface area (Å²) in [7, 11) is 0. The zero-order valence-electron chi connectivity index (χ0n) is 10.7. The van der Waals surface area contributed by atoms with E-state index in [1.807, 2.05) is 12.1 Å². The fourth-order valence-corrected chi connectivity index (χ4v) is 3.56. The number of carbonyl (C=O) groups is 1. The first-order valence-electron chi connectivity index (χ1n) is 6.89.